The minimum Gasteiger partial charge on any atom is -0.491 e. The predicted octanol–water partition coefficient (Wildman–Crippen LogP) is 6.31. The van der Waals surface area contributed by atoms with Crippen LogP contribution in [0.5, 0.6) is 5.75 Å². The molecule has 166 valence electrons. The molecular weight excluding hydrogens is 430 g/mol. The first-order valence-corrected chi connectivity index (χ1v) is 11.4. The van der Waals surface area contributed by atoms with E-state index in [1.54, 1.807) is 6.20 Å². The van der Waals surface area contributed by atoms with E-state index in [9.17, 15) is 0 Å². The van der Waals surface area contributed by atoms with Gasteiger partial charge >= 0.3 is 0 Å². The van der Waals surface area contributed by atoms with Gasteiger partial charge in [-0.3, -0.25) is 4.98 Å². The van der Waals surface area contributed by atoms with Gasteiger partial charge in [0.25, 0.3) is 0 Å². The Bertz CT molecular complexity index is 1220. The molecule has 1 fully saturated rings. The molecule has 1 aliphatic rings. The third kappa shape index (κ3) is 4.34. The summed E-state index contributed by atoms with van der Waals surface area (Å²) < 4.78 is 12.2. The highest BCUT2D eigenvalue weighted by Crippen LogP contribution is 2.43. The van der Waals surface area contributed by atoms with Crippen LogP contribution >= 0.6 is 12.2 Å². The minimum atomic E-state index is -0.193. The van der Waals surface area contributed by atoms with Crippen LogP contribution in [0.1, 0.15) is 37.4 Å². The van der Waals surface area contributed by atoms with E-state index in [1.807, 2.05) is 98.8 Å². The average Bonchev–Trinajstić information content (AvgIpc) is 3.45. The fourth-order valence-corrected chi connectivity index (χ4v) is 4.49. The number of furan rings is 1. The van der Waals surface area contributed by atoms with Crippen LogP contribution < -0.4 is 15.0 Å². The van der Waals surface area contributed by atoms with E-state index >= 15 is 0 Å². The summed E-state index contributed by atoms with van der Waals surface area (Å²) in [5.74, 6) is 2.47. The molecule has 0 amide bonds. The van der Waals surface area contributed by atoms with Crippen LogP contribution in [0.15, 0.2) is 95.5 Å². The molecule has 5 rings (SSSR count). The molecule has 2 aromatic carbocycles. The number of nitrogens with zero attached hydrogens (tertiary/aromatic N) is 2. The molecule has 1 N–H and O–H groups in total. The Morgan fingerprint density at radius 1 is 0.939 bits per heavy atom. The molecule has 2 atom stereocenters. The second-order valence-electron chi connectivity index (χ2n) is 8.23. The van der Waals surface area contributed by atoms with Crippen LogP contribution in [0.3, 0.4) is 0 Å². The second-order valence-corrected chi connectivity index (χ2v) is 8.61. The van der Waals surface area contributed by atoms with Gasteiger partial charge in [0.15, 0.2) is 5.11 Å². The molecule has 1 aliphatic heterocycles. The molecule has 33 heavy (non-hydrogen) atoms. The maximum atomic E-state index is 6.39. The lowest BCUT2D eigenvalue weighted by molar-refractivity contribution is 0.242. The van der Waals surface area contributed by atoms with E-state index in [4.69, 9.17) is 21.4 Å². The van der Waals surface area contributed by atoms with E-state index in [1.165, 1.54) is 0 Å². The maximum Gasteiger partial charge on any atom is 0.174 e. The largest absolute Gasteiger partial charge is 0.491 e. The molecule has 3 heterocycles. The molecule has 1 saturated heterocycles. The topological polar surface area (TPSA) is 50.5 Å². The fourth-order valence-electron chi connectivity index (χ4n) is 4.15. The number of hydrogen-bond donors (Lipinski definition) is 1. The zero-order chi connectivity index (χ0) is 22.8. The van der Waals surface area contributed by atoms with Crippen LogP contribution in [0.2, 0.25) is 0 Å². The molecule has 0 spiro atoms. The van der Waals surface area contributed by atoms with Crippen molar-refractivity contribution in [2.75, 3.05) is 4.90 Å². The van der Waals surface area contributed by atoms with E-state index < -0.39 is 0 Å². The molecule has 6 heteroatoms. The standard InChI is InChI=1S/C27H25N3O2S/c1-18(2)31-21-13-11-20(12-14-21)30-26(25(29-27(30)33)22-10-6-7-17-28-22)24-16-15-23(32-24)19-8-4-3-5-9-19/h3-18,25-26H,1-2H3,(H,29,33)/t25-,26+/m1/s1. The SMILES string of the molecule is CC(C)Oc1ccc(N2C(=S)N[C@H](c3ccccn3)[C@@H]2c2ccc(-c3ccccc3)o2)cc1. The molecule has 0 saturated carbocycles. The zero-order valence-corrected chi connectivity index (χ0v) is 19.3. The number of ether oxygens (including phenoxy) is 1. The summed E-state index contributed by atoms with van der Waals surface area (Å²) in [5.41, 5.74) is 2.91. The highest BCUT2D eigenvalue weighted by atomic mass is 32.1. The van der Waals surface area contributed by atoms with Crippen LogP contribution in [-0.4, -0.2) is 16.2 Å². The van der Waals surface area contributed by atoms with Gasteiger partial charge < -0.3 is 19.4 Å². The van der Waals surface area contributed by atoms with Crippen molar-refractivity contribution in [3.8, 4) is 17.1 Å². The van der Waals surface area contributed by atoms with Gasteiger partial charge in [0.2, 0.25) is 0 Å². The lowest BCUT2D eigenvalue weighted by Crippen LogP contribution is -2.29. The Balaban J connectivity index is 1.55. The van der Waals surface area contributed by atoms with Gasteiger partial charge in [-0.05, 0) is 74.6 Å². The van der Waals surface area contributed by atoms with Crippen molar-refractivity contribution in [1.82, 2.24) is 10.3 Å². The molecule has 0 unspecified atom stereocenters. The second kappa shape index (κ2) is 9.08. The van der Waals surface area contributed by atoms with Gasteiger partial charge in [-0.1, -0.05) is 36.4 Å². The summed E-state index contributed by atoms with van der Waals surface area (Å²) in [6.45, 7) is 4.03. The highest BCUT2D eigenvalue weighted by molar-refractivity contribution is 7.80. The van der Waals surface area contributed by atoms with Gasteiger partial charge in [-0.25, -0.2) is 0 Å². The number of rotatable bonds is 6. The zero-order valence-electron chi connectivity index (χ0n) is 18.5. The Labute approximate surface area is 199 Å². The van der Waals surface area contributed by atoms with Gasteiger partial charge in [0, 0.05) is 17.4 Å². The lowest BCUT2D eigenvalue weighted by Gasteiger charge is -2.26. The number of nitrogens with one attached hydrogen (secondary N) is 1. The molecule has 5 nitrogen and oxygen atoms in total. The number of pyridine rings is 1. The number of hydrogen-bond acceptors (Lipinski definition) is 4. The first-order valence-electron chi connectivity index (χ1n) is 11.0. The molecule has 0 bridgehead atoms. The van der Waals surface area contributed by atoms with E-state index in [-0.39, 0.29) is 18.2 Å². The van der Waals surface area contributed by atoms with Crippen molar-refractivity contribution in [1.29, 1.82) is 0 Å². The normalized spacial score (nSPS) is 17.9. The summed E-state index contributed by atoms with van der Waals surface area (Å²) >= 11 is 5.79. The van der Waals surface area contributed by atoms with Crippen molar-refractivity contribution in [3.05, 3.63) is 103 Å². The first-order chi connectivity index (χ1) is 16.1. The van der Waals surface area contributed by atoms with Crippen molar-refractivity contribution in [2.45, 2.75) is 32.0 Å². The van der Waals surface area contributed by atoms with Crippen molar-refractivity contribution >= 4 is 23.0 Å². The summed E-state index contributed by atoms with van der Waals surface area (Å²) in [7, 11) is 0. The van der Waals surface area contributed by atoms with Crippen LogP contribution in [0.4, 0.5) is 5.69 Å². The van der Waals surface area contributed by atoms with Gasteiger partial charge in [0.05, 0.1) is 17.8 Å². The van der Waals surface area contributed by atoms with E-state index in [2.05, 4.69) is 15.2 Å². The molecule has 0 radical (unpaired) electrons. The predicted molar refractivity (Wildman–Crippen MR) is 134 cm³/mol. The van der Waals surface area contributed by atoms with Gasteiger partial charge in [-0.15, -0.1) is 0 Å². The summed E-state index contributed by atoms with van der Waals surface area (Å²) in [6, 6.07) is 27.7. The van der Waals surface area contributed by atoms with E-state index in [0.29, 0.717) is 5.11 Å². The number of anilines is 1. The Morgan fingerprint density at radius 3 is 2.39 bits per heavy atom. The fraction of sp³-hybridized carbons (Fsp3) is 0.185. The summed E-state index contributed by atoms with van der Waals surface area (Å²) in [6.07, 6.45) is 1.92. The van der Waals surface area contributed by atoms with Crippen LogP contribution in [-0.2, 0) is 0 Å². The molecule has 0 aliphatic carbocycles. The molecule has 4 aromatic rings. The molecular formula is C27H25N3O2S. The van der Waals surface area contributed by atoms with Gasteiger partial charge in [-0.2, -0.15) is 0 Å². The maximum absolute atomic E-state index is 6.39. The summed E-state index contributed by atoms with van der Waals surface area (Å²) in [5, 5.41) is 4.10. The first kappa shape index (κ1) is 21.2. The third-order valence-electron chi connectivity index (χ3n) is 5.56. The number of aromatic nitrogens is 1. The third-order valence-corrected chi connectivity index (χ3v) is 5.88. The average molecular weight is 456 g/mol. The van der Waals surface area contributed by atoms with Crippen LogP contribution in [0, 0.1) is 0 Å². The smallest absolute Gasteiger partial charge is 0.174 e. The van der Waals surface area contributed by atoms with E-state index in [0.717, 1.165) is 34.2 Å². The lowest BCUT2D eigenvalue weighted by atomic mass is 10.0. The van der Waals surface area contributed by atoms with Crippen molar-refractivity contribution in [2.24, 2.45) is 0 Å². The monoisotopic (exact) mass is 455 g/mol. The Morgan fingerprint density at radius 2 is 1.70 bits per heavy atom. The number of thiocarbonyl (C=S) groups is 1. The Kier molecular flexibility index (Phi) is 5.84. The highest BCUT2D eigenvalue weighted by Gasteiger charge is 2.42. The van der Waals surface area contributed by atoms with Gasteiger partial charge in [0.1, 0.15) is 23.3 Å². The Hall–Kier alpha value is -3.64. The van der Waals surface area contributed by atoms with Crippen molar-refractivity contribution < 1.29 is 9.15 Å². The minimum absolute atomic E-state index is 0.117. The summed E-state index contributed by atoms with van der Waals surface area (Å²) in [4.78, 5) is 6.70. The van der Waals surface area contributed by atoms with Crippen LogP contribution in [0.25, 0.3) is 11.3 Å². The number of benzene rings is 2. The quantitative estimate of drug-likeness (QED) is 0.344. The van der Waals surface area contributed by atoms with Crippen molar-refractivity contribution in [3.63, 3.8) is 0 Å². The molecule has 2 aromatic heterocycles.